The summed E-state index contributed by atoms with van der Waals surface area (Å²) in [5, 5.41) is 5.56. The van der Waals surface area contributed by atoms with Crippen LogP contribution in [0.1, 0.15) is 37.7 Å². The van der Waals surface area contributed by atoms with E-state index in [0.717, 1.165) is 31.2 Å². The number of hydrogen-bond acceptors (Lipinski definition) is 4. The molecular formula is C18H24N4O4. The number of carbonyl (C=O) groups is 3. The van der Waals surface area contributed by atoms with Crippen molar-refractivity contribution in [1.29, 1.82) is 0 Å². The molecule has 26 heavy (non-hydrogen) atoms. The van der Waals surface area contributed by atoms with Gasteiger partial charge in [0.1, 0.15) is 6.10 Å². The Balaban J connectivity index is 1.40. The lowest BCUT2D eigenvalue weighted by atomic mass is 9.85. The number of urea groups is 1. The zero-order valence-electron chi connectivity index (χ0n) is 14.5. The molecule has 2 fully saturated rings. The van der Waals surface area contributed by atoms with Crippen LogP contribution < -0.4 is 21.5 Å². The summed E-state index contributed by atoms with van der Waals surface area (Å²) in [6, 6.07) is 6.80. The van der Waals surface area contributed by atoms with Gasteiger partial charge in [-0.25, -0.2) is 10.2 Å². The van der Waals surface area contributed by atoms with Gasteiger partial charge in [0.05, 0.1) is 0 Å². The molecule has 2 aliphatic rings. The number of hydrogen-bond donors (Lipinski definition) is 4. The van der Waals surface area contributed by atoms with Gasteiger partial charge in [0.25, 0.3) is 5.91 Å². The Bertz CT molecular complexity index is 669. The maximum atomic E-state index is 12.0. The summed E-state index contributed by atoms with van der Waals surface area (Å²) < 4.78 is 5.23. The number of amides is 4. The lowest BCUT2D eigenvalue weighted by molar-refractivity contribution is -0.130. The minimum Gasteiger partial charge on any atom is -0.368 e. The minimum absolute atomic E-state index is 0.0518. The van der Waals surface area contributed by atoms with Crippen LogP contribution in [0.5, 0.6) is 0 Å². The molecule has 0 aromatic heterocycles. The van der Waals surface area contributed by atoms with Crippen LogP contribution in [0.2, 0.25) is 0 Å². The Labute approximate surface area is 152 Å². The van der Waals surface area contributed by atoms with Crippen LogP contribution in [0.3, 0.4) is 0 Å². The molecule has 1 aromatic carbocycles. The van der Waals surface area contributed by atoms with E-state index in [0.29, 0.717) is 18.7 Å². The van der Waals surface area contributed by atoms with E-state index < -0.39 is 12.1 Å². The number of hydrazine groups is 1. The number of ether oxygens (including phenoxy) is 1. The highest BCUT2D eigenvalue weighted by atomic mass is 16.5. The summed E-state index contributed by atoms with van der Waals surface area (Å²) >= 11 is 0. The van der Waals surface area contributed by atoms with Gasteiger partial charge in [-0.1, -0.05) is 18.6 Å². The van der Waals surface area contributed by atoms with E-state index in [-0.39, 0.29) is 24.3 Å². The van der Waals surface area contributed by atoms with Gasteiger partial charge >= 0.3 is 6.03 Å². The molecule has 0 radical (unpaired) electrons. The standard InChI is InChI=1S/C18H24N4O4/c23-16(13-5-2-6-13)20-14-7-1-4-12(10-14)11-19-18(25)22-21-17(24)15-8-3-9-26-15/h1,4,7,10,13,15H,2-3,5-6,8-9,11H2,(H,20,23)(H,21,24)(H2,19,22,25). The first-order chi connectivity index (χ1) is 12.6. The van der Waals surface area contributed by atoms with E-state index in [1.165, 1.54) is 0 Å². The van der Waals surface area contributed by atoms with Crippen molar-refractivity contribution < 1.29 is 19.1 Å². The number of benzene rings is 1. The van der Waals surface area contributed by atoms with Gasteiger partial charge in [0, 0.05) is 24.8 Å². The third kappa shape index (κ3) is 4.95. The SMILES string of the molecule is O=C(NCc1cccc(NC(=O)C2CCC2)c1)NNC(=O)C1CCCO1. The Kier molecular flexibility index (Phi) is 6.06. The molecule has 1 atom stereocenters. The Morgan fingerprint density at radius 1 is 1.04 bits per heavy atom. The molecule has 8 nitrogen and oxygen atoms in total. The van der Waals surface area contributed by atoms with Crippen LogP contribution in [-0.4, -0.2) is 30.6 Å². The van der Waals surface area contributed by atoms with Crippen LogP contribution in [0, 0.1) is 5.92 Å². The first-order valence-electron chi connectivity index (χ1n) is 8.97. The number of rotatable bonds is 5. The summed E-state index contributed by atoms with van der Waals surface area (Å²) in [5.41, 5.74) is 6.21. The normalized spacial score (nSPS) is 19.3. The fraction of sp³-hybridized carbons (Fsp3) is 0.500. The summed E-state index contributed by atoms with van der Waals surface area (Å²) in [7, 11) is 0. The van der Waals surface area contributed by atoms with Crippen LogP contribution in [0.25, 0.3) is 0 Å². The highest BCUT2D eigenvalue weighted by molar-refractivity contribution is 5.93. The van der Waals surface area contributed by atoms with E-state index in [1.807, 2.05) is 24.3 Å². The topological polar surface area (TPSA) is 109 Å². The maximum absolute atomic E-state index is 12.0. The molecular weight excluding hydrogens is 336 g/mol. The molecule has 3 rings (SSSR count). The third-order valence-corrected chi connectivity index (χ3v) is 4.64. The number of nitrogens with one attached hydrogen (secondary N) is 4. The molecule has 1 aliphatic carbocycles. The average Bonchev–Trinajstić information content (AvgIpc) is 3.11. The summed E-state index contributed by atoms with van der Waals surface area (Å²) in [6.07, 6.45) is 4.02. The molecule has 1 heterocycles. The smallest absolute Gasteiger partial charge is 0.333 e. The van der Waals surface area contributed by atoms with Gasteiger partial charge in [0.15, 0.2) is 0 Å². The summed E-state index contributed by atoms with van der Waals surface area (Å²) in [5.74, 6) is -0.177. The molecule has 4 N–H and O–H groups in total. The molecule has 1 saturated heterocycles. The molecule has 1 aliphatic heterocycles. The number of anilines is 1. The van der Waals surface area contributed by atoms with E-state index >= 15 is 0 Å². The molecule has 1 aromatic rings. The molecule has 140 valence electrons. The molecule has 1 saturated carbocycles. The second kappa shape index (κ2) is 8.66. The van der Waals surface area contributed by atoms with Crippen LogP contribution >= 0.6 is 0 Å². The predicted octanol–water partition coefficient (Wildman–Crippen LogP) is 1.43. The Hall–Kier alpha value is -2.61. The predicted molar refractivity (Wildman–Crippen MR) is 94.9 cm³/mol. The fourth-order valence-corrected chi connectivity index (χ4v) is 2.88. The second-order valence-corrected chi connectivity index (χ2v) is 6.62. The summed E-state index contributed by atoms with van der Waals surface area (Å²) in [6.45, 7) is 0.840. The van der Waals surface area contributed by atoms with Crippen molar-refractivity contribution in [2.75, 3.05) is 11.9 Å². The van der Waals surface area contributed by atoms with Crippen LogP contribution in [-0.2, 0) is 20.9 Å². The highest BCUT2D eigenvalue weighted by Gasteiger charge is 2.25. The van der Waals surface area contributed by atoms with Crippen molar-refractivity contribution in [2.24, 2.45) is 5.92 Å². The lowest BCUT2D eigenvalue weighted by Crippen LogP contribution is -2.49. The molecule has 1 unspecified atom stereocenters. The van der Waals surface area contributed by atoms with Gasteiger partial charge in [-0.05, 0) is 43.4 Å². The van der Waals surface area contributed by atoms with Crippen molar-refractivity contribution in [3.63, 3.8) is 0 Å². The average molecular weight is 360 g/mol. The van der Waals surface area contributed by atoms with Gasteiger partial charge in [-0.15, -0.1) is 0 Å². The molecule has 0 spiro atoms. The van der Waals surface area contributed by atoms with E-state index in [9.17, 15) is 14.4 Å². The fourth-order valence-electron chi connectivity index (χ4n) is 2.88. The van der Waals surface area contributed by atoms with Crippen molar-refractivity contribution >= 4 is 23.5 Å². The van der Waals surface area contributed by atoms with Crippen LogP contribution in [0.15, 0.2) is 24.3 Å². The zero-order chi connectivity index (χ0) is 18.4. The summed E-state index contributed by atoms with van der Waals surface area (Å²) in [4.78, 5) is 35.5. The van der Waals surface area contributed by atoms with Gasteiger partial charge < -0.3 is 15.4 Å². The largest absolute Gasteiger partial charge is 0.368 e. The highest BCUT2D eigenvalue weighted by Crippen LogP contribution is 2.27. The van der Waals surface area contributed by atoms with Crippen molar-refractivity contribution in [2.45, 2.75) is 44.8 Å². The van der Waals surface area contributed by atoms with Crippen molar-refractivity contribution in [1.82, 2.24) is 16.2 Å². The van der Waals surface area contributed by atoms with Crippen molar-refractivity contribution in [3.05, 3.63) is 29.8 Å². The third-order valence-electron chi connectivity index (χ3n) is 4.64. The molecule has 8 heteroatoms. The van der Waals surface area contributed by atoms with Gasteiger partial charge in [0.2, 0.25) is 5.91 Å². The first kappa shape index (κ1) is 18.2. The first-order valence-corrected chi connectivity index (χ1v) is 8.97. The number of carbonyl (C=O) groups excluding carboxylic acids is 3. The van der Waals surface area contributed by atoms with E-state index in [4.69, 9.17) is 4.74 Å². The Morgan fingerprint density at radius 3 is 2.58 bits per heavy atom. The maximum Gasteiger partial charge on any atom is 0.333 e. The molecule has 0 bridgehead atoms. The quantitative estimate of drug-likeness (QED) is 0.596. The zero-order valence-corrected chi connectivity index (χ0v) is 14.5. The molecule has 4 amide bonds. The van der Waals surface area contributed by atoms with E-state index in [1.54, 1.807) is 0 Å². The lowest BCUT2D eigenvalue weighted by Gasteiger charge is -2.24. The Morgan fingerprint density at radius 2 is 1.88 bits per heavy atom. The van der Waals surface area contributed by atoms with Gasteiger partial charge in [-0.2, -0.15) is 0 Å². The van der Waals surface area contributed by atoms with Crippen molar-refractivity contribution in [3.8, 4) is 0 Å². The minimum atomic E-state index is -0.514. The van der Waals surface area contributed by atoms with Crippen LogP contribution in [0.4, 0.5) is 10.5 Å². The van der Waals surface area contributed by atoms with E-state index in [2.05, 4.69) is 21.5 Å². The van der Waals surface area contributed by atoms with Gasteiger partial charge in [-0.3, -0.25) is 15.0 Å². The monoisotopic (exact) mass is 360 g/mol. The second-order valence-electron chi connectivity index (χ2n) is 6.62.